The largest absolute Gasteiger partial charge is 0.493 e. The number of ether oxygens (including phenoxy) is 2. The maximum Gasteiger partial charge on any atom is 0.243 e. The number of sulfonamides is 1. The smallest absolute Gasteiger partial charge is 0.243 e. The van der Waals surface area contributed by atoms with E-state index in [1.807, 2.05) is 18.2 Å². The van der Waals surface area contributed by atoms with Crippen molar-refractivity contribution >= 4 is 21.8 Å². The van der Waals surface area contributed by atoms with Crippen LogP contribution < -0.4 is 14.8 Å². The lowest BCUT2D eigenvalue weighted by Gasteiger charge is -2.29. The second-order valence-corrected chi connectivity index (χ2v) is 12.7. The van der Waals surface area contributed by atoms with Crippen LogP contribution in [-0.2, 0) is 39.0 Å². The number of rotatable bonds is 14. The Morgan fingerprint density at radius 2 is 1.50 bits per heavy atom. The summed E-state index contributed by atoms with van der Waals surface area (Å²) in [5, 5.41) is 2.92. The minimum Gasteiger partial charge on any atom is -0.493 e. The number of carbonyl (C=O) groups excluding carboxylic acids is 2. The van der Waals surface area contributed by atoms with Gasteiger partial charge in [0.05, 0.1) is 19.1 Å². The van der Waals surface area contributed by atoms with Crippen molar-refractivity contribution in [3.63, 3.8) is 0 Å². The zero-order valence-electron chi connectivity index (χ0n) is 25.4. The van der Waals surface area contributed by atoms with Gasteiger partial charge in [0.1, 0.15) is 11.9 Å². The molecule has 1 aliphatic heterocycles. The van der Waals surface area contributed by atoms with Crippen LogP contribution in [0.1, 0.15) is 42.9 Å². The maximum atomic E-state index is 13.5. The number of amides is 2. The third-order valence-electron chi connectivity index (χ3n) is 7.85. The Kier molecular flexibility index (Phi) is 11.4. The molecule has 1 heterocycles. The molecule has 1 fully saturated rings. The lowest BCUT2D eigenvalue weighted by molar-refractivity contribution is -0.140. The van der Waals surface area contributed by atoms with E-state index in [0.29, 0.717) is 49.5 Å². The van der Waals surface area contributed by atoms with Crippen molar-refractivity contribution in [2.75, 3.05) is 33.9 Å². The first kappa shape index (κ1) is 32.9. The zero-order chi connectivity index (χ0) is 31.7. The molecule has 0 saturated carbocycles. The number of hydrogen-bond donors (Lipinski definition) is 1. The van der Waals surface area contributed by atoms with Crippen LogP contribution in [-0.4, -0.2) is 69.3 Å². The molecule has 11 heteroatoms. The first-order chi connectivity index (χ1) is 21.1. The maximum absolute atomic E-state index is 13.5. The second-order valence-electron chi connectivity index (χ2n) is 10.8. The fraction of sp³-hybridized carbons (Fsp3) is 0.394. The number of halogens is 1. The summed E-state index contributed by atoms with van der Waals surface area (Å²) in [5.74, 6) is 0.279. The van der Waals surface area contributed by atoms with Crippen LogP contribution in [0.3, 0.4) is 0 Å². The molecule has 1 atom stereocenters. The number of aryl methyl sites for hydroxylation is 1. The molecule has 236 valence electrons. The van der Waals surface area contributed by atoms with Crippen molar-refractivity contribution in [1.29, 1.82) is 0 Å². The van der Waals surface area contributed by atoms with Crippen molar-refractivity contribution in [1.82, 2.24) is 14.5 Å². The molecule has 0 spiro atoms. The van der Waals surface area contributed by atoms with Gasteiger partial charge in [0.2, 0.25) is 21.8 Å². The average Bonchev–Trinajstić information content (AvgIpc) is 3.59. The van der Waals surface area contributed by atoms with E-state index in [-0.39, 0.29) is 35.5 Å². The molecule has 0 aromatic heterocycles. The van der Waals surface area contributed by atoms with E-state index in [2.05, 4.69) is 5.32 Å². The Morgan fingerprint density at radius 1 is 0.886 bits per heavy atom. The Morgan fingerprint density at radius 3 is 2.14 bits per heavy atom. The lowest BCUT2D eigenvalue weighted by atomic mass is 10.1. The SMILES string of the molecule is COc1ccc(CCNC(=O)[C@H](C)N(Cc2ccc(F)cc2)C(=O)CCc2ccc(S(=O)(=O)N3CCCC3)cc2)cc1OC. The van der Waals surface area contributed by atoms with E-state index in [1.165, 1.54) is 21.3 Å². The van der Waals surface area contributed by atoms with Crippen LogP contribution in [0.2, 0.25) is 0 Å². The van der Waals surface area contributed by atoms with Crippen LogP contribution in [0, 0.1) is 5.82 Å². The molecule has 1 aliphatic rings. The first-order valence-corrected chi connectivity index (χ1v) is 16.2. The number of methoxy groups -OCH3 is 2. The van der Waals surface area contributed by atoms with Crippen molar-refractivity contribution in [3.05, 3.63) is 89.2 Å². The highest BCUT2D eigenvalue weighted by molar-refractivity contribution is 7.89. The number of hydrogen-bond acceptors (Lipinski definition) is 6. The molecule has 4 rings (SSSR count). The summed E-state index contributed by atoms with van der Waals surface area (Å²) in [7, 11) is -0.387. The normalized spacial score (nSPS) is 14.2. The van der Waals surface area contributed by atoms with Gasteiger partial charge in [-0.3, -0.25) is 9.59 Å². The molecule has 44 heavy (non-hydrogen) atoms. The Hall–Kier alpha value is -3.96. The minimum absolute atomic E-state index is 0.114. The van der Waals surface area contributed by atoms with Gasteiger partial charge in [-0.2, -0.15) is 4.31 Å². The van der Waals surface area contributed by atoms with E-state index in [0.717, 1.165) is 24.0 Å². The van der Waals surface area contributed by atoms with E-state index < -0.39 is 16.1 Å². The van der Waals surface area contributed by atoms with Crippen LogP contribution >= 0.6 is 0 Å². The molecular formula is C33H40FN3O6S. The predicted octanol–water partition coefficient (Wildman–Crippen LogP) is 4.34. The molecule has 3 aromatic rings. The minimum atomic E-state index is -3.52. The van der Waals surface area contributed by atoms with Gasteiger partial charge < -0.3 is 19.7 Å². The molecular weight excluding hydrogens is 585 g/mol. The first-order valence-electron chi connectivity index (χ1n) is 14.7. The summed E-state index contributed by atoms with van der Waals surface area (Å²) < 4.78 is 51.3. The molecule has 9 nitrogen and oxygen atoms in total. The van der Waals surface area contributed by atoms with Gasteiger partial charge in [-0.1, -0.05) is 30.3 Å². The molecule has 2 amide bonds. The summed E-state index contributed by atoms with van der Waals surface area (Å²) in [6.45, 7) is 3.22. The highest BCUT2D eigenvalue weighted by atomic mass is 32.2. The van der Waals surface area contributed by atoms with Crippen LogP contribution in [0.5, 0.6) is 11.5 Å². The van der Waals surface area contributed by atoms with Crippen LogP contribution in [0.15, 0.2) is 71.6 Å². The molecule has 1 N–H and O–H groups in total. The summed E-state index contributed by atoms with van der Waals surface area (Å²) in [5.41, 5.74) is 2.46. The van der Waals surface area contributed by atoms with Crippen LogP contribution in [0.4, 0.5) is 4.39 Å². The highest BCUT2D eigenvalue weighted by Gasteiger charge is 2.28. The Balaban J connectivity index is 1.39. The third-order valence-corrected chi connectivity index (χ3v) is 9.76. The lowest BCUT2D eigenvalue weighted by Crippen LogP contribution is -2.48. The van der Waals surface area contributed by atoms with Gasteiger partial charge >= 0.3 is 0 Å². The monoisotopic (exact) mass is 625 g/mol. The van der Waals surface area contributed by atoms with E-state index in [4.69, 9.17) is 9.47 Å². The van der Waals surface area contributed by atoms with Gasteiger partial charge in [-0.25, -0.2) is 12.8 Å². The molecule has 1 saturated heterocycles. The number of carbonyl (C=O) groups is 2. The van der Waals surface area contributed by atoms with E-state index >= 15 is 0 Å². The van der Waals surface area contributed by atoms with E-state index in [1.54, 1.807) is 57.5 Å². The summed E-state index contributed by atoms with van der Waals surface area (Å²) in [6, 6.07) is 17.2. The zero-order valence-corrected chi connectivity index (χ0v) is 26.2. The highest BCUT2D eigenvalue weighted by Crippen LogP contribution is 2.27. The number of nitrogens with one attached hydrogen (secondary N) is 1. The molecule has 3 aromatic carbocycles. The third kappa shape index (κ3) is 8.35. The quantitative estimate of drug-likeness (QED) is 0.286. The fourth-order valence-electron chi connectivity index (χ4n) is 5.18. The number of nitrogens with zero attached hydrogens (tertiary/aromatic N) is 2. The summed E-state index contributed by atoms with van der Waals surface area (Å²) >= 11 is 0. The molecule has 0 unspecified atom stereocenters. The van der Waals surface area contributed by atoms with Crippen LogP contribution in [0.25, 0.3) is 0 Å². The van der Waals surface area contributed by atoms with Crippen molar-refractivity contribution in [3.8, 4) is 11.5 Å². The van der Waals surface area contributed by atoms with Gasteiger partial charge in [0, 0.05) is 32.6 Å². The van der Waals surface area contributed by atoms with Crippen molar-refractivity contribution < 1.29 is 31.9 Å². The molecule has 0 bridgehead atoms. The standard InChI is InChI=1S/C33H40FN3O6S/c1-24(33(39)35-19-18-26-10-16-30(42-2)31(22-26)43-3)37(23-27-6-12-28(34)13-7-27)32(38)17-11-25-8-14-29(15-9-25)44(40,41)36-20-4-5-21-36/h6-10,12-16,22,24H,4-5,11,17-21,23H2,1-3H3,(H,35,39)/t24-/m0/s1. The predicted molar refractivity (Wildman–Crippen MR) is 165 cm³/mol. The van der Waals surface area contributed by atoms with Gasteiger partial charge in [-0.05, 0) is 85.7 Å². The van der Waals surface area contributed by atoms with Crippen molar-refractivity contribution in [2.45, 2.75) is 56.5 Å². The fourth-order valence-corrected chi connectivity index (χ4v) is 6.70. The summed E-state index contributed by atoms with van der Waals surface area (Å²) in [6.07, 6.45) is 2.76. The van der Waals surface area contributed by atoms with Gasteiger partial charge in [0.25, 0.3) is 0 Å². The average molecular weight is 626 g/mol. The topological polar surface area (TPSA) is 105 Å². The Bertz CT molecular complexity index is 1520. The van der Waals surface area contributed by atoms with Gasteiger partial charge in [0.15, 0.2) is 11.5 Å². The second kappa shape index (κ2) is 15.2. The molecule has 0 aliphatic carbocycles. The molecule has 0 radical (unpaired) electrons. The summed E-state index contributed by atoms with van der Waals surface area (Å²) in [4.78, 5) is 28.4. The number of benzene rings is 3. The van der Waals surface area contributed by atoms with Gasteiger partial charge in [-0.15, -0.1) is 0 Å². The van der Waals surface area contributed by atoms with Crippen molar-refractivity contribution in [2.24, 2.45) is 0 Å². The Labute approximate surface area is 259 Å². The van der Waals surface area contributed by atoms with E-state index in [9.17, 15) is 22.4 Å².